The molecule has 1 aromatic carbocycles. The highest BCUT2D eigenvalue weighted by molar-refractivity contribution is 14.0. The van der Waals surface area contributed by atoms with E-state index in [0.29, 0.717) is 5.92 Å². The van der Waals surface area contributed by atoms with Crippen molar-refractivity contribution in [3.05, 3.63) is 35.4 Å². The van der Waals surface area contributed by atoms with E-state index in [-0.39, 0.29) is 24.0 Å². The summed E-state index contributed by atoms with van der Waals surface area (Å²) in [5.74, 6) is 1.49. The molecular weight excluding hydrogens is 499 g/mol. The van der Waals surface area contributed by atoms with Gasteiger partial charge in [0.15, 0.2) is 5.96 Å². The zero-order valence-corrected chi connectivity index (χ0v) is 22.1. The molecule has 2 saturated heterocycles. The fraction of sp³-hybridized carbons (Fsp3) is 0.708. The topological polar surface area (TPSA) is 46.1 Å². The van der Waals surface area contributed by atoms with Crippen molar-refractivity contribution in [2.24, 2.45) is 10.9 Å². The lowest BCUT2D eigenvalue weighted by Gasteiger charge is -2.35. The monoisotopic (exact) mass is 542 g/mol. The molecule has 0 bridgehead atoms. The Labute approximate surface area is 206 Å². The molecule has 3 rings (SSSR count). The first-order valence-electron chi connectivity index (χ1n) is 11.9. The molecule has 0 aromatic heterocycles. The van der Waals surface area contributed by atoms with Crippen LogP contribution in [0.1, 0.15) is 37.8 Å². The third kappa shape index (κ3) is 9.24. The molecule has 2 N–H and O–H groups in total. The highest BCUT2D eigenvalue weighted by Crippen LogP contribution is 2.13. The summed E-state index contributed by atoms with van der Waals surface area (Å²) >= 11 is 0. The highest BCUT2D eigenvalue weighted by atomic mass is 127. The number of piperazine rings is 1. The van der Waals surface area contributed by atoms with Crippen LogP contribution in [0, 0.1) is 5.92 Å². The fourth-order valence-corrected chi connectivity index (χ4v) is 4.43. The number of nitrogens with zero attached hydrogens (tertiary/aromatic N) is 4. The van der Waals surface area contributed by atoms with Crippen LogP contribution in [-0.4, -0.2) is 86.6 Å². The summed E-state index contributed by atoms with van der Waals surface area (Å²) in [5.41, 5.74) is 2.71. The van der Waals surface area contributed by atoms with Crippen molar-refractivity contribution in [2.45, 2.75) is 39.8 Å². The quantitative estimate of drug-likeness (QED) is 0.286. The first kappa shape index (κ1) is 26.4. The molecule has 0 saturated carbocycles. The molecule has 31 heavy (non-hydrogen) atoms. The second kappa shape index (κ2) is 14.3. The van der Waals surface area contributed by atoms with Gasteiger partial charge in [-0.1, -0.05) is 38.1 Å². The molecule has 2 aliphatic rings. The van der Waals surface area contributed by atoms with E-state index in [1.165, 1.54) is 69.8 Å². The minimum absolute atomic E-state index is 0. The molecule has 1 atom stereocenters. The number of benzene rings is 1. The normalized spacial score (nSPS) is 19.8. The van der Waals surface area contributed by atoms with Gasteiger partial charge in [-0.25, -0.2) is 0 Å². The Hall–Kier alpha value is -0.900. The number of aliphatic imine (C=N–C) groups is 1. The van der Waals surface area contributed by atoms with Crippen molar-refractivity contribution >= 4 is 29.9 Å². The molecule has 1 unspecified atom stereocenters. The number of likely N-dealkylation sites (N-methyl/N-ethyl adjacent to an activating group) is 1. The van der Waals surface area contributed by atoms with Gasteiger partial charge in [-0.05, 0) is 49.5 Å². The molecule has 0 spiro atoms. The summed E-state index contributed by atoms with van der Waals surface area (Å²) < 4.78 is 0. The van der Waals surface area contributed by atoms with Crippen LogP contribution in [0.2, 0.25) is 0 Å². The lowest BCUT2D eigenvalue weighted by molar-refractivity contribution is 0.124. The van der Waals surface area contributed by atoms with Crippen LogP contribution in [0.5, 0.6) is 0 Å². The van der Waals surface area contributed by atoms with Gasteiger partial charge in [-0.2, -0.15) is 0 Å². The number of halogens is 1. The van der Waals surface area contributed by atoms with Crippen LogP contribution >= 0.6 is 24.0 Å². The van der Waals surface area contributed by atoms with Crippen LogP contribution in [-0.2, 0) is 13.1 Å². The Bertz CT molecular complexity index is 636. The van der Waals surface area contributed by atoms with Crippen molar-refractivity contribution in [2.75, 3.05) is 66.0 Å². The predicted molar refractivity (Wildman–Crippen MR) is 142 cm³/mol. The van der Waals surface area contributed by atoms with Crippen LogP contribution in [0.4, 0.5) is 0 Å². The van der Waals surface area contributed by atoms with E-state index in [2.05, 4.69) is 68.4 Å². The molecule has 0 aliphatic carbocycles. The van der Waals surface area contributed by atoms with Gasteiger partial charge in [0.1, 0.15) is 0 Å². The van der Waals surface area contributed by atoms with E-state index < -0.39 is 0 Å². The van der Waals surface area contributed by atoms with Gasteiger partial charge in [0.2, 0.25) is 0 Å². The molecule has 7 heteroatoms. The molecule has 2 fully saturated rings. The number of nitrogens with one attached hydrogen (secondary N) is 2. The first-order valence-corrected chi connectivity index (χ1v) is 11.9. The van der Waals surface area contributed by atoms with Gasteiger partial charge >= 0.3 is 0 Å². The largest absolute Gasteiger partial charge is 0.356 e. The zero-order chi connectivity index (χ0) is 21.2. The number of hydrogen-bond acceptors (Lipinski definition) is 4. The van der Waals surface area contributed by atoms with E-state index >= 15 is 0 Å². The van der Waals surface area contributed by atoms with E-state index in [1.54, 1.807) is 0 Å². The van der Waals surface area contributed by atoms with Crippen molar-refractivity contribution in [3.63, 3.8) is 0 Å². The van der Waals surface area contributed by atoms with Crippen LogP contribution in [0.3, 0.4) is 0 Å². The lowest BCUT2D eigenvalue weighted by Crippen LogP contribution is -2.48. The van der Waals surface area contributed by atoms with Crippen molar-refractivity contribution in [1.82, 2.24) is 25.3 Å². The maximum atomic E-state index is 4.40. The first-order chi connectivity index (χ1) is 14.7. The molecule has 0 amide bonds. The van der Waals surface area contributed by atoms with Gasteiger partial charge in [0.25, 0.3) is 0 Å². The van der Waals surface area contributed by atoms with Gasteiger partial charge in [0, 0.05) is 59.4 Å². The summed E-state index contributed by atoms with van der Waals surface area (Å²) in [7, 11) is 1.85. The van der Waals surface area contributed by atoms with Crippen molar-refractivity contribution in [1.29, 1.82) is 0 Å². The minimum atomic E-state index is 0. The van der Waals surface area contributed by atoms with Crippen LogP contribution in [0.15, 0.2) is 29.3 Å². The Kier molecular flexibility index (Phi) is 12.1. The highest BCUT2D eigenvalue weighted by Gasteiger charge is 2.17. The Morgan fingerprint density at radius 1 is 0.903 bits per heavy atom. The van der Waals surface area contributed by atoms with E-state index in [9.17, 15) is 0 Å². The number of rotatable bonds is 9. The third-order valence-corrected chi connectivity index (χ3v) is 6.41. The summed E-state index contributed by atoms with van der Waals surface area (Å²) in [4.78, 5) is 12.1. The molecule has 0 radical (unpaired) electrons. The van der Waals surface area contributed by atoms with E-state index in [0.717, 1.165) is 32.1 Å². The second-order valence-electron chi connectivity index (χ2n) is 8.95. The Morgan fingerprint density at radius 3 is 2.13 bits per heavy atom. The molecule has 6 nitrogen and oxygen atoms in total. The average Bonchev–Trinajstić information content (AvgIpc) is 3.28. The zero-order valence-electron chi connectivity index (χ0n) is 19.8. The van der Waals surface area contributed by atoms with Gasteiger partial charge in [-0.3, -0.25) is 9.89 Å². The van der Waals surface area contributed by atoms with E-state index in [4.69, 9.17) is 0 Å². The second-order valence-corrected chi connectivity index (χ2v) is 8.95. The SMILES string of the molecule is CCN1CCN(CC(C)CNC(=NC)NCc2ccc(CN3CCCC3)cc2)CC1.I. The number of likely N-dealkylation sites (tertiary alicyclic amines) is 1. The van der Waals surface area contributed by atoms with Crippen LogP contribution < -0.4 is 10.6 Å². The summed E-state index contributed by atoms with van der Waals surface area (Å²) in [6.07, 6.45) is 2.70. The molecule has 1 aromatic rings. The molecule has 2 aliphatic heterocycles. The van der Waals surface area contributed by atoms with Gasteiger partial charge < -0.3 is 20.4 Å². The van der Waals surface area contributed by atoms with Gasteiger partial charge in [0.05, 0.1) is 0 Å². The fourth-order valence-electron chi connectivity index (χ4n) is 4.43. The molecule has 2 heterocycles. The summed E-state index contributed by atoms with van der Waals surface area (Å²) in [6.45, 7) is 17.0. The smallest absolute Gasteiger partial charge is 0.191 e. The minimum Gasteiger partial charge on any atom is -0.356 e. The van der Waals surface area contributed by atoms with Crippen molar-refractivity contribution < 1.29 is 0 Å². The van der Waals surface area contributed by atoms with Gasteiger partial charge in [-0.15, -0.1) is 24.0 Å². The number of guanidine groups is 1. The van der Waals surface area contributed by atoms with Crippen molar-refractivity contribution in [3.8, 4) is 0 Å². The average molecular weight is 543 g/mol. The standard InChI is InChI=1S/C24H42N6.HI/c1-4-28-13-15-30(16-14-28)19-21(2)17-26-24(25-3)27-18-22-7-9-23(10-8-22)20-29-11-5-6-12-29;/h7-10,21H,4-6,11-20H2,1-3H3,(H2,25,26,27);1H. The predicted octanol–water partition coefficient (Wildman–Crippen LogP) is 2.84. The Balaban J connectivity index is 0.00000341. The Morgan fingerprint density at radius 2 is 1.52 bits per heavy atom. The third-order valence-electron chi connectivity index (χ3n) is 6.41. The number of hydrogen-bond donors (Lipinski definition) is 2. The molecular formula is C24H43IN6. The maximum Gasteiger partial charge on any atom is 0.191 e. The summed E-state index contributed by atoms with van der Waals surface area (Å²) in [5, 5.41) is 6.96. The van der Waals surface area contributed by atoms with E-state index in [1.807, 2.05) is 7.05 Å². The lowest BCUT2D eigenvalue weighted by atomic mass is 10.1. The van der Waals surface area contributed by atoms with Crippen LogP contribution in [0.25, 0.3) is 0 Å². The summed E-state index contributed by atoms with van der Waals surface area (Å²) in [6, 6.07) is 9.02. The molecule has 176 valence electrons. The maximum absolute atomic E-state index is 4.40.